The number of rotatable bonds is 7. The first-order valence-electron chi connectivity index (χ1n) is 6.23. The standard InChI is InChI=1S/C14H22BrNO/c1-4-5-6-7-14(16-2)12-9-8-11(17-3)10-13(12)15/h8-10,14,16H,4-7H2,1-3H3. The summed E-state index contributed by atoms with van der Waals surface area (Å²) in [4.78, 5) is 0. The van der Waals surface area contributed by atoms with Gasteiger partial charge in [0.2, 0.25) is 0 Å². The van der Waals surface area contributed by atoms with Crippen LogP contribution in [-0.4, -0.2) is 14.2 Å². The van der Waals surface area contributed by atoms with Crippen molar-refractivity contribution in [3.05, 3.63) is 28.2 Å². The summed E-state index contributed by atoms with van der Waals surface area (Å²) in [6, 6.07) is 6.60. The topological polar surface area (TPSA) is 21.3 Å². The van der Waals surface area contributed by atoms with E-state index in [2.05, 4.69) is 34.2 Å². The highest BCUT2D eigenvalue weighted by molar-refractivity contribution is 9.10. The lowest BCUT2D eigenvalue weighted by Gasteiger charge is -2.18. The Balaban J connectivity index is 2.73. The number of hydrogen-bond donors (Lipinski definition) is 1. The van der Waals surface area contributed by atoms with Crippen molar-refractivity contribution in [1.82, 2.24) is 5.32 Å². The van der Waals surface area contributed by atoms with E-state index in [4.69, 9.17) is 4.74 Å². The Labute approximate surface area is 113 Å². The molecule has 1 unspecified atom stereocenters. The molecule has 0 fully saturated rings. The quantitative estimate of drug-likeness (QED) is 0.758. The summed E-state index contributed by atoms with van der Waals surface area (Å²) in [5.74, 6) is 0.893. The molecular formula is C14H22BrNO. The van der Waals surface area contributed by atoms with Crippen molar-refractivity contribution in [2.75, 3.05) is 14.2 Å². The molecule has 0 aliphatic heterocycles. The minimum atomic E-state index is 0.418. The van der Waals surface area contributed by atoms with Crippen molar-refractivity contribution in [3.63, 3.8) is 0 Å². The molecule has 17 heavy (non-hydrogen) atoms. The molecule has 1 aromatic carbocycles. The minimum Gasteiger partial charge on any atom is -0.497 e. The van der Waals surface area contributed by atoms with Crippen LogP contribution in [0.2, 0.25) is 0 Å². The van der Waals surface area contributed by atoms with Gasteiger partial charge in [0.15, 0.2) is 0 Å². The number of hydrogen-bond acceptors (Lipinski definition) is 2. The van der Waals surface area contributed by atoms with Crippen LogP contribution in [-0.2, 0) is 0 Å². The molecule has 0 saturated heterocycles. The SMILES string of the molecule is CCCCCC(NC)c1ccc(OC)cc1Br. The predicted molar refractivity (Wildman–Crippen MR) is 76.6 cm³/mol. The monoisotopic (exact) mass is 299 g/mol. The van der Waals surface area contributed by atoms with Crippen molar-refractivity contribution in [2.24, 2.45) is 0 Å². The van der Waals surface area contributed by atoms with E-state index in [1.807, 2.05) is 19.2 Å². The van der Waals surface area contributed by atoms with E-state index in [-0.39, 0.29) is 0 Å². The van der Waals surface area contributed by atoms with Crippen molar-refractivity contribution >= 4 is 15.9 Å². The van der Waals surface area contributed by atoms with Crippen LogP contribution in [0, 0.1) is 0 Å². The predicted octanol–water partition coefficient (Wildman–Crippen LogP) is 4.30. The summed E-state index contributed by atoms with van der Waals surface area (Å²) in [6.07, 6.45) is 5.00. The molecule has 0 aliphatic carbocycles. The van der Waals surface area contributed by atoms with E-state index in [1.54, 1.807) is 7.11 Å². The molecule has 0 amide bonds. The van der Waals surface area contributed by atoms with Gasteiger partial charge in [0.05, 0.1) is 7.11 Å². The maximum absolute atomic E-state index is 5.21. The summed E-state index contributed by atoms with van der Waals surface area (Å²) in [7, 11) is 3.71. The number of unbranched alkanes of at least 4 members (excludes halogenated alkanes) is 2. The first-order valence-corrected chi connectivity index (χ1v) is 7.03. The zero-order chi connectivity index (χ0) is 12.7. The fraction of sp³-hybridized carbons (Fsp3) is 0.571. The molecule has 0 saturated carbocycles. The molecule has 1 aromatic rings. The molecule has 2 nitrogen and oxygen atoms in total. The first-order chi connectivity index (χ1) is 8.22. The third kappa shape index (κ3) is 4.32. The van der Waals surface area contributed by atoms with Crippen LogP contribution in [0.5, 0.6) is 5.75 Å². The molecule has 3 heteroatoms. The van der Waals surface area contributed by atoms with Crippen molar-refractivity contribution in [2.45, 2.75) is 38.6 Å². The molecule has 0 heterocycles. The zero-order valence-corrected chi connectivity index (χ0v) is 12.5. The minimum absolute atomic E-state index is 0.418. The average molecular weight is 300 g/mol. The fourth-order valence-electron chi connectivity index (χ4n) is 1.97. The number of ether oxygens (including phenoxy) is 1. The molecule has 1 atom stereocenters. The van der Waals surface area contributed by atoms with Crippen LogP contribution < -0.4 is 10.1 Å². The van der Waals surface area contributed by atoms with Crippen LogP contribution in [0.15, 0.2) is 22.7 Å². The molecule has 1 N–H and O–H groups in total. The van der Waals surface area contributed by atoms with Gasteiger partial charge >= 0.3 is 0 Å². The van der Waals surface area contributed by atoms with Crippen LogP contribution in [0.4, 0.5) is 0 Å². The highest BCUT2D eigenvalue weighted by Crippen LogP contribution is 2.30. The first kappa shape index (κ1) is 14.5. The molecule has 0 aromatic heterocycles. The Bertz CT molecular complexity index is 341. The maximum Gasteiger partial charge on any atom is 0.120 e. The van der Waals surface area contributed by atoms with Gasteiger partial charge in [-0.2, -0.15) is 0 Å². The second-order valence-corrected chi connectivity index (χ2v) is 5.08. The lowest BCUT2D eigenvalue weighted by Crippen LogP contribution is -2.16. The summed E-state index contributed by atoms with van der Waals surface area (Å²) in [6.45, 7) is 2.23. The Hall–Kier alpha value is -0.540. The van der Waals surface area contributed by atoms with Crippen LogP contribution in [0.25, 0.3) is 0 Å². The zero-order valence-electron chi connectivity index (χ0n) is 10.9. The maximum atomic E-state index is 5.21. The van der Waals surface area contributed by atoms with Crippen molar-refractivity contribution < 1.29 is 4.74 Å². The van der Waals surface area contributed by atoms with Crippen LogP contribution in [0.3, 0.4) is 0 Å². The second-order valence-electron chi connectivity index (χ2n) is 4.22. The highest BCUT2D eigenvalue weighted by atomic mass is 79.9. The molecule has 96 valence electrons. The smallest absolute Gasteiger partial charge is 0.120 e. The number of halogens is 1. The van der Waals surface area contributed by atoms with Crippen LogP contribution >= 0.6 is 15.9 Å². The Morgan fingerprint density at radius 3 is 2.65 bits per heavy atom. The van der Waals surface area contributed by atoms with Gasteiger partial charge in [-0.15, -0.1) is 0 Å². The molecule has 0 aliphatic rings. The van der Waals surface area contributed by atoms with Gasteiger partial charge in [-0.3, -0.25) is 0 Å². The van der Waals surface area contributed by atoms with Gasteiger partial charge < -0.3 is 10.1 Å². The Kier molecular flexibility index (Phi) is 6.60. The Morgan fingerprint density at radius 1 is 1.35 bits per heavy atom. The summed E-state index contributed by atoms with van der Waals surface area (Å²) in [5, 5.41) is 3.38. The number of methoxy groups -OCH3 is 1. The molecule has 0 radical (unpaired) electrons. The molecule has 0 spiro atoms. The second kappa shape index (κ2) is 7.72. The summed E-state index contributed by atoms with van der Waals surface area (Å²) < 4.78 is 6.33. The number of benzene rings is 1. The lowest BCUT2D eigenvalue weighted by atomic mass is 10.0. The average Bonchev–Trinajstić information content (AvgIpc) is 2.35. The van der Waals surface area contributed by atoms with Gasteiger partial charge in [-0.1, -0.05) is 48.2 Å². The molecular weight excluding hydrogens is 278 g/mol. The lowest BCUT2D eigenvalue weighted by molar-refractivity contribution is 0.413. The summed E-state index contributed by atoms with van der Waals surface area (Å²) in [5.41, 5.74) is 1.31. The van der Waals surface area contributed by atoms with E-state index in [9.17, 15) is 0 Å². The Morgan fingerprint density at radius 2 is 2.12 bits per heavy atom. The van der Waals surface area contributed by atoms with E-state index in [1.165, 1.54) is 31.2 Å². The summed E-state index contributed by atoms with van der Waals surface area (Å²) >= 11 is 3.62. The van der Waals surface area contributed by atoms with Crippen molar-refractivity contribution in [3.8, 4) is 5.75 Å². The van der Waals surface area contributed by atoms with Gasteiger partial charge in [-0.05, 0) is 31.2 Å². The fourth-order valence-corrected chi connectivity index (χ4v) is 2.61. The van der Waals surface area contributed by atoms with E-state index >= 15 is 0 Å². The third-order valence-corrected chi connectivity index (χ3v) is 3.71. The van der Waals surface area contributed by atoms with Gasteiger partial charge in [0.25, 0.3) is 0 Å². The largest absolute Gasteiger partial charge is 0.497 e. The van der Waals surface area contributed by atoms with Gasteiger partial charge in [0.1, 0.15) is 5.75 Å². The van der Waals surface area contributed by atoms with E-state index in [0.717, 1.165) is 10.2 Å². The van der Waals surface area contributed by atoms with E-state index in [0.29, 0.717) is 6.04 Å². The van der Waals surface area contributed by atoms with E-state index < -0.39 is 0 Å². The molecule has 0 bridgehead atoms. The molecule has 1 rings (SSSR count). The van der Waals surface area contributed by atoms with Crippen LogP contribution in [0.1, 0.15) is 44.2 Å². The third-order valence-electron chi connectivity index (χ3n) is 3.03. The highest BCUT2D eigenvalue weighted by Gasteiger charge is 2.12. The van der Waals surface area contributed by atoms with Crippen molar-refractivity contribution in [1.29, 1.82) is 0 Å². The van der Waals surface area contributed by atoms with Gasteiger partial charge in [-0.25, -0.2) is 0 Å². The normalized spacial score (nSPS) is 12.5. The van der Waals surface area contributed by atoms with Gasteiger partial charge in [0, 0.05) is 10.5 Å². The number of nitrogens with one attached hydrogen (secondary N) is 1.